The Morgan fingerprint density at radius 1 is 1.21 bits per heavy atom. The zero-order valence-electron chi connectivity index (χ0n) is 13.0. The number of ether oxygens (including phenoxy) is 1. The molecule has 0 amide bonds. The quantitative estimate of drug-likeness (QED) is 0.858. The van der Waals surface area contributed by atoms with E-state index < -0.39 is 0 Å². The Balaban J connectivity index is 0.00000154. The number of rotatable bonds is 6. The number of benzene rings is 1. The minimum Gasteiger partial charge on any atom is -0.497 e. The number of hydrogen-bond donors (Lipinski definition) is 1. The van der Waals surface area contributed by atoms with Crippen LogP contribution < -0.4 is 10.1 Å². The summed E-state index contributed by atoms with van der Waals surface area (Å²) in [4.78, 5) is 11.5. The van der Waals surface area contributed by atoms with Crippen molar-refractivity contribution in [3.8, 4) is 5.75 Å². The first-order valence-electron chi connectivity index (χ1n) is 6.92. The lowest BCUT2D eigenvalue weighted by Crippen LogP contribution is -2.41. The van der Waals surface area contributed by atoms with E-state index in [4.69, 9.17) is 4.74 Å². The maximum absolute atomic E-state index is 11.5. The molecule has 1 atom stereocenters. The van der Waals surface area contributed by atoms with Crippen LogP contribution in [-0.4, -0.2) is 25.0 Å². The van der Waals surface area contributed by atoms with Crippen LogP contribution in [-0.2, 0) is 11.2 Å². The van der Waals surface area contributed by atoms with Gasteiger partial charge in [0, 0.05) is 6.04 Å². The Labute approximate surface area is 117 Å². The normalized spacial score (nSPS) is 11.5. The van der Waals surface area contributed by atoms with Crippen LogP contribution >= 0.6 is 0 Å². The molecule has 0 fully saturated rings. The Morgan fingerprint density at radius 3 is 2.11 bits per heavy atom. The minimum atomic E-state index is -0.108. The fourth-order valence-corrected chi connectivity index (χ4v) is 1.72. The second-order valence-electron chi connectivity index (χ2n) is 4.54. The third-order valence-corrected chi connectivity index (χ3v) is 2.62. The van der Waals surface area contributed by atoms with Crippen LogP contribution in [0.15, 0.2) is 24.3 Å². The smallest absolute Gasteiger partial charge is 0.147 e. The van der Waals surface area contributed by atoms with Crippen molar-refractivity contribution >= 4 is 5.78 Å². The summed E-state index contributed by atoms with van der Waals surface area (Å²) in [5.74, 6) is 1.01. The third kappa shape index (κ3) is 6.97. The molecule has 1 aromatic carbocycles. The first-order valence-corrected chi connectivity index (χ1v) is 6.92. The molecule has 1 aromatic rings. The highest BCUT2D eigenvalue weighted by atomic mass is 16.5. The van der Waals surface area contributed by atoms with E-state index in [0.29, 0.717) is 6.04 Å². The second-order valence-corrected chi connectivity index (χ2v) is 4.54. The van der Waals surface area contributed by atoms with Gasteiger partial charge < -0.3 is 10.1 Å². The zero-order valence-corrected chi connectivity index (χ0v) is 13.0. The van der Waals surface area contributed by atoms with Gasteiger partial charge in [-0.2, -0.15) is 0 Å². The van der Waals surface area contributed by atoms with Crippen LogP contribution in [0.5, 0.6) is 5.75 Å². The molecule has 0 aromatic heterocycles. The lowest BCUT2D eigenvalue weighted by molar-refractivity contribution is -0.119. The van der Waals surface area contributed by atoms with E-state index in [2.05, 4.69) is 5.32 Å². The first kappa shape index (κ1) is 17.6. The standard InChI is InChI=1S/C14H21NO2.C2H6/c1-10(2)15-14(11(3)16)9-12-5-7-13(17-4)8-6-12;1-2/h5-8,10,14-15H,9H2,1-4H3;1-2H3. The number of carbonyl (C=O) groups is 1. The van der Waals surface area contributed by atoms with Crippen molar-refractivity contribution in [1.82, 2.24) is 5.32 Å². The number of ketones is 1. The molecule has 0 heterocycles. The van der Waals surface area contributed by atoms with Crippen molar-refractivity contribution in [2.24, 2.45) is 0 Å². The monoisotopic (exact) mass is 265 g/mol. The van der Waals surface area contributed by atoms with E-state index in [0.717, 1.165) is 17.7 Å². The summed E-state index contributed by atoms with van der Waals surface area (Å²) in [6, 6.07) is 8.03. The molecule has 3 heteroatoms. The summed E-state index contributed by atoms with van der Waals surface area (Å²) < 4.78 is 5.10. The molecule has 0 saturated carbocycles. The van der Waals surface area contributed by atoms with E-state index in [-0.39, 0.29) is 11.8 Å². The molecule has 0 bridgehead atoms. The highest BCUT2D eigenvalue weighted by Gasteiger charge is 2.15. The van der Waals surface area contributed by atoms with Crippen LogP contribution in [0.4, 0.5) is 0 Å². The van der Waals surface area contributed by atoms with Gasteiger partial charge >= 0.3 is 0 Å². The van der Waals surface area contributed by atoms with Crippen molar-refractivity contribution in [3.63, 3.8) is 0 Å². The van der Waals surface area contributed by atoms with Crippen LogP contribution in [0.1, 0.15) is 40.2 Å². The maximum Gasteiger partial charge on any atom is 0.147 e. The molecule has 108 valence electrons. The molecule has 19 heavy (non-hydrogen) atoms. The van der Waals surface area contributed by atoms with Gasteiger partial charge in [0.2, 0.25) is 0 Å². The Morgan fingerprint density at radius 2 is 1.74 bits per heavy atom. The molecular weight excluding hydrogens is 238 g/mol. The molecule has 0 aliphatic rings. The van der Waals surface area contributed by atoms with Gasteiger partial charge in [0.25, 0.3) is 0 Å². The fourth-order valence-electron chi connectivity index (χ4n) is 1.72. The number of methoxy groups -OCH3 is 1. The first-order chi connectivity index (χ1) is 9.02. The summed E-state index contributed by atoms with van der Waals surface area (Å²) in [7, 11) is 1.65. The molecule has 1 N–H and O–H groups in total. The summed E-state index contributed by atoms with van der Waals surface area (Å²) in [6.45, 7) is 9.72. The summed E-state index contributed by atoms with van der Waals surface area (Å²) in [6.07, 6.45) is 0.720. The van der Waals surface area contributed by atoms with Crippen LogP contribution in [0.3, 0.4) is 0 Å². The van der Waals surface area contributed by atoms with Gasteiger partial charge in [0.05, 0.1) is 13.2 Å². The molecule has 0 spiro atoms. The average Bonchev–Trinajstić information content (AvgIpc) is 2.40. The van der Waals surface area contributed by atoms with Crippen molar-refractivity contribution in [2.45, 2.75) is 53.1 Å². The van der Waals surface area contributed by atoms with Crippen LogP contribution in [0.25, 0.3) is 0 Å². The topological polar surface area (TPSA) is 38.3 Å². The van der Waals surface area contributed by atoms with Crippen molar-refractivity contribution < 1.29 is 9.53 Å². The third-order valence-electron chi connectivity index (χ3n) is 2.62. The van der Waals surface area contributed by atoms with Gasteiger partial charge in [0.15, 0.2) is 0 Å². The lowest BCUT2D eigenvalue weighted by atomic mass is 10.0. The van der Waals surface area contributed by atoms with Crippen molar-refractivity contribution in [2.75, 3.05) is 7.11 Å². The van der Waals surface area contributed by atoms with Gasteiger partial charge in [-0.1, -0.05) is 39.8 Å². The van der Waals surface area contributed by atoms with Crippen LogP contribution in [0, 0.1) is 0 Å². The van der Waals surface area contributed by atoms with Crippen molar-refractivity contribution in [1.29, 1.82) is 0 Å². The van der Waals surface area contributed by atoms with Crippen molar-refractivity contribution in [3.05, 3.63) is 29.8 Å². The second kappa shape index (κ2) is 9.56. The number of hydrogen-bond acceptors (Lipinski definition) is 3. The number of carbonyl (C=O) groups excluding carboxylic acids is 1. The van der Waals surface area contributed by atoms with Gasteiger partial charge in [-0.25, -0.2) is 0 Å². The van der Waals surface area contributed by atoms with E-state index >= 15 is 0 Å². The molecule has 3 nitrogen and oxygen atoms in total. The Hall–Kier alpha value is -1.35. The lowest BCUT2D eigenvalue weighted by Gasteiger charge is -2.18. The summed E-state index contributed by atoms with van der Waals surface area (Å²) in [5.41, 5.74) is 1.14. The SMILES string of the molecule is CC.COc1ccc(CC(NC(C)C)C(C)=O)cc1. The molecule has 1 unspecified atom stereocenters. The molecule has 0 saturated heterocycles. The van der Waals surface area contributed by atoms with E-state index in [1.807, 2.05) is 52.0 Å². The molecule has 0 aliphatic carbocycles. The van der Waals surface area contributed by atoms with Gasteiger partial charge in [-0.3, -0.25) is 4.79 Å². The average molecular weight is 265 g/mol. The van der Waals surface area contributed by atoms with Gasteiger partial charge in [0.1, 0.15) is 11.5 Å². The maximum atomic E-state index is 11.5. The van der Waals surface area contributed by atoms with Gasteiger partial charge in [-0.15, -0.1) is 0 Å². The number of nitrogens with one attached hydrogen (secondary N) is 1. The molecule has 0 aliphatic heterocycles. The van der Waals surface area contributed by atoms with Gasteiger partial charge in [-0.05, 0) is 31.0 Å². The fraction of sp³-hybridized carbons (Fsp3) is 0.562. The Kier molecular flexibility index (Phi) is 8.88. The molecule has 0 radical (unpaired) electrons. The predicted octanol–water partition coefficient (Wildman–Crippen LogP) is 3.22. The summed E-state index contributed by atoms with van der Waals surface area (Å²) >= 11 is 0. The highest BCUT2D eigenvalue weighted by molar-refractivity contribution is 5.81. The minimum absolute atomic E-state index is 0.108. The van der Waals surface area contributed by atoms with Crippen LogP contribution in [0.2, 0.25) is 0 Å². The molecular formula is C16H27NO2. The summed E-state index contributed by atoms with van der Waals surface area (Å²) in [5, 5.41) is 3.28. The Bertz CT molecular complexity index is 358. The largest absolute Gasteiger partial charge is 0.497 e. The van der Waals surface area contributed by atoms with E-state index in [9.17, 15) is 4.79 Å². The number of Topliss-reactive ketones (excluding diaryl/α,β-unsaturated/α-hetero) is 1. The van der Waals surface area contributed by atoms with E-state index in [1.165, 1.54) is 0 Å². The highest BCUT2D eigenvalue weighted by Crippen LogP contribution is 2.13. The predicted molar refractivity (Wildman–Crippen MR) is 80.8 cm³/mol. The van der Waals surface area contributed by atoms with E-state index in [1.54, 1.807) is 14.0 Å². The molecule has 1 rings (SSSR count). The zero-order chi connectivity index (χ0) is 14.8.